The normalized spacial score (nSPS) is 15.8. The summed E-state index contributed by atoms with van der Waals surface area (Å²) in [7, 11) is 1.54. The van der Waals surface area contributed by atoms with Gasteiger partial charge in [-0.1, -0.05) is 0 Å². The fourth-order valence-electron chi connectivity index (χ4n) is 2.44. The Labute approximate surface area is 130 Å². The molecule has 0 radical (unpaired) electrons. The number of benzene rings is 1. The van der Waals surface area contributed by atoms with Crippen LogP contribution in [0.4, 0.5) is 4.39 Å². The SMILES string of the molecule is COCC(=O)N1CCN(CCCOc2ccc(F)cc2)CC1. The number of rotatable bonds is 7. The van der Waals surface area contributed by atoms with E-state index in [2.05, 4.69) is 4.90 Å². The molecular weight excluding hydrogens is 287 g/mol. The predicted molar refractivity (Wildman–Crippen MR) is 81.4 cm³/mol. The van der Waals surface area contributed by atoms with Crippen LogP contribution in [-0.2, 0) is 9.53 Å². The number of methoxy groups -OCH3 is 1. The zero-order valence-corrected chi connectivity index (χ0v) is 13.0. The topological polar surface area (TPSA) is 42.0 Å². The van der Waals surface area contributed by atoms with E-state index in [1.807, 2.05) is 4.90 Å². The highest BCUT2D eigenvalue weighted by Crippen LogP contribution is 2.11. The second kappa shape index (κ2) is 8.70. The number of ether oxygens (including phenoxy) is 2. The van der Waals surface area contributed by atoms with Crippen molar-refractivity contribution in [2.45, 2.75) is 6.42 Å². The van der Waals surface area contributed by atoms with Crippen molar-refractivity contribution in [1.29, 1.82) is 0 Å². The van der Waals surface area contributed by atoms with Gasteiger partial charge in [-0.05, 0) is 30.7 Å². The fraction of sp³-hybridized carbons (Fsp3) is 0.562. The Morgan fingerprint density at radius 3 is 2.50 bits per heavy atom. The molecule has 0 unspecified atom stereocenters. The Balaban J connectivity index is 1.59. The van der Waals surface area contributed by atoms with Crippen molar-refractivity contribution in [2.24, 2.45) is 0 Å². The quantitative estimate of drug-likeness (QED) is 0.714. The Bertz CT molecular complexity index is 459. The number of hydrogen-bond acceptors (Lipinski definition) is 4. The second-order valence-corrected chi connectivity index (χ2v) is 5.31. The lowest BCUT2D eigenvalue weighted by Crippen LogP contribution is -2.49. The van der Waals surface area contributed by atoms with Gasteiger partial charge in [0.1, 0.15) is 18.2 Å². The molecule has 0 saturated carbocycles. The second-order valence-electron chi connectivity index (χ2n) is 5.31. The van der Waals surface area contributed by atoms with Crippen molar-refractivity contribution >= 4 is 5.91 Å². The summed E-state index contributed by atoms with van der Waals surface area (Å²) < 4.78 is 23.2. The molecule has 1 aromatic rings. The number of piperazine rings is 1. The summed E-state index contributed by atoms with van der Waals surface area (Å²) in [4.78, 5) is 15.8. The van der Waals surface area contributed by atoms with Gasteiger partial charge in [0.25, 0.3) is 0 Å². The lowest BCUT2D eigenvalue weighted by atomic mass is 10.3. The number of hydrogen-bond donors (Lipinski definition) is 0. The maximum Gasteiger partial charge on any atom is 0.248 e. The summed E-state index contributed by atoms with van der Waals surface area (Å²) in [6.07, 6.45) is 0.906. The zero-order valence-electron chi connectivity index (χ0n) is 13.0. The van der Waals surface area contributed by atoms with Crippen molar-refractivity contribution in [3.8, 4) is 5.75 Å². The zero-order chi connectivity index (χ0) is 15.8. The summed E-state index contributed by atoms with van der Waals surface area (Å²) in [6.45, 7) is 4.97. The van der Waals surface area contributed by atoms with E-state index >= 15 is 0 Å². The molecule has 0 aliphatic carbocycles. The molecule has 1 saturated heterocycles. The monoisotopic (exact) mass is 310 g/mol. The number of halogens is 1. The molecule has 0 atom stereocenters. The molecule has 122 valence electrons. The number of amides is 1. The molecule has 1 heterocycles. The van der Waals surface area contributed by atoms with Gasteiger partial charge in [-0.25, -0.2) is 4.39 Å². The van der Waals surface area contributed by atoms with E-state index in [1.165, 1.54) is 19.2 Å². The van der Waals surface area contributed by atoms with Crippen LogP contribution >= 0.6 is 0 Å². The maximum absolute atomic E-state index is 12.8. The van der Waals surface area contributed by atoms with Crippen LogP contribution in [0.5, 0.6) is 5.75 Å². The van der Waals surface area contributed by atoms with Crippen LogP contribution in [-0.4, -0.2) is 68.8 Å². The fourth-order valence-corrected chi connectivity index (χ4v) is 2.44. The largest absolute Gasteiger partial charge is 0.494 e. The highest BCUT2D eigenvalue weighted by atomic mass is 19.1. The smallest absolute Gasteiger partial charge is 0.248 e. The maximum atomic E-state index is 12.8. The Morgan fingerprint density at radius 1 is 1.18 bits per heavy atom. The summed E-state index contributed by atoms with van der Waals surface area (Å²) in [5.74, 6) is 0.492. The van der Waals surface area contributed by atoms with Crippen LogP contribution in [0.15, 0.2) is 24.3 Å². The van der Waals surface area contributed by atoms with Gasteiger partial charge in [0.2, 0.25) is 5.91 Å². The highest BCUT2D eigenvalue weighted by Gasteiger charge is 2.20. The molecule has 1 aliphatic rings. The summed E-state index contributed by atoms with van der Waals surface area (Å²) in [5.41, 5.74) is 0. The molecule has 0 bridgehead atoms. The standard InChI is InChI=1S/C16H23FN2O3/c1-21-13-16(20)19-10-8-18(9-11-19)7-2-12-22-15-5-3-14(17)4-6-15/h3-6H,2,7-13H2,1H3. The summed E-state index contributed by atoms with van der Waals surface area (Å²) in [5, 5.41) is 0. The number of nitrogens with zero attached hydrogens (tertiary/aromatic N) is 2. The van der Waals surface area contributed by atoms with Gasteiger partial charge < -0.3 is 14.4 Å². The molecule has 1 aromatic carbocycles. The van der Waals surface area contributed by atoms with Crippen LogP contribution in [0, 0.1) is 5.82 Å². The predicted octanol–water partition coefficient (Wildman–Crippen LogP) is 1.39. The van der Waals surface area contributed by atoms with Crippen molar-refractivity contribution in [2.75, 3.05) is 53.0 Å². The summed E-state index contributed by atoms with van der Waals surface area (Å²) >= 11 is 0. The molecule has 22 heavy (non-hydrogen) atoms. The number of carbonyl (C=O) groups excluding carboxylic acids is 1. The van der Waals surface area contributed by atoms with Crippen molar-refractivity contribution in [1.82, 2.24) is 9.80 Å². The molecule has 0 N–H and O–H groups in total. The molecule has 5 nitrogen and oxygen atoms in total. The third-order valence-corrected chi connectivity index (χ3v) is 3.69. The van der Waals surface area contributed by atoms with Crippen molar-refractivity contribution in [3.63, 3.8) is 0 Å². The first-order valence-corrected chi connectivity index (χ1v) is 7.56. The molecule has 6 heteroatoms. The van der Waals surface area contributed by atoms with Gasteiger partial charge in [-0.2, -0.15) is 0 Å². The van der Waals surface area contributed by atoms with E-state index in [9.17, 15) is 9.18 Å². The van der Waals surface area contributed by atoms with Gasteiger partial charge in [0.05, 0.1) is 6.61 Å². The van der Waals surface area contributed by atoms with Crippen molar-refractivity contribution < 1.29 is 18.7 Å². The van der Waals surface area contributed by atoms with E-state index in [0.29, 0.717) is 12.4 Å². The van der Waals surface area contributed by atoms with E-state index in [4.69, 9.17) is 9.47 Å². The minimum absolute atomic E-state index is 0.0572. The highest BCUT2D eigenvalue weighted by molar-refractivity contribution is 5.77. The van der Waals surface area contributed by atoms with Gasteiger partial charge >= 0.3 is 0 Å². The lowest BCUT2D eigenvalue weighted by molar-refractivity contribution is -0.136. The molecular formula is C16H23FN2O3. The molecule has 1 fully saturated rings. The first kappa shape index (κ1) is 16.7. The first-order chi connectivity index (χ1) is 10.7. The molecule has 0 spiro atoms. The molecule has 2 rings (SSSR count). The Morgan fingerprint density at radius 2 is 1.86 bits per heavy atom. The van der Waals surface area contributed by atoms with Crippen LogP contribution in [0.25, 0.3) is 0 Å². The van der Waals surface area contributed by atoms with Crippen LogP contribution in [0.1, 0.15) is 6.42 Å². The Hall–Kier alpha value is -1.66. The van der Waals surface area contributed by atoms with E-state index < -0.39 is 0 Å². The Kier molecular flexibility index (Phi) is 6.61. The minimum atomic E-state index is -0.256. The minimum Gasteiger partial charge on any atom is -0.494 e. The number of carbonyl (C=O) groups is 1. The molecule has 0 aromatic heterocycles. The van der Waals surface area contributed by atoms with Gasteiger partial charge in [-0.3, -0.25) is 9.69 Å². The lowest BCUT2D eigenvalue weighted by Gasteiger charge is -2.34. The third kappa shape index (κ3) is 5.27. The van der Waals surface area contributed by atoms with Gasteiger partial charge in [-0.15, -0.1) is 0 Å². The first-order valence-electron chi connectivity index (χ1n) is 7.56. The van der Waals surface area contributed by atoms with E-state index in [-0.39, 0.29) is 18.3 Å². The van der Waals surface area contributed by atoms with Gasteiger partial charge in [0.15, 0.2) is 0 Å². The van der Waals surface area contributed by atoms with E-state index in [1.54, 1.807) is 12.1 Å². The van der Waals surface area contributed by atoms with Gasteiger partial charge in [0, 0.05) is 39.8 Å². The van der Waals surface area contributed by atoms with Crippen LogP contribution < -0.4 is 4.74 Å². The average molecular weight is 310 g/mol. The van der Waals surface area contributed by atoms with E-state index in [0.717, 1.165) is 39.1 Å². The molecule has 1 amide bonds. The summed E-state index contributed by atoms with van der Waals surface area (Å²) in [6, 6.07) is 6.06. The van der Waals surface area contributed by atoms with Crippen LogP contribution in [0.3, 0.4) is 0 Å². The van der Waals surface area contributed by atoms with Crippen LogP contribution in [0.2, 0.25) is 0 Å². The van der Waals surface area contributed by atoms with Crippen molar-refractivity contribution in [3.05, 3.63) is 30.1 Å². The third-order valence-electron chi connectivity index (χ3n) is 3.69. The molecule has 1 aliphatic heterocycles. The average Bonchev–Trinajstić information content (AvgIpc) is 2.54.